The van der Waals surface area contributed by atoms with Gasteiger partial charge in [0.2, 0.25) is 5.95 Å². The van der Waals surface area contributed by atoms with Gasteiger partial charge in [0, 0.05) is 0 Å². The highest BCUT2D eigenvalue weighted by molar-refractivity contribution is 7.49. The molecule has 1 saturated heterocycles. The first-order chi connectivity index (χ1) is 17.9. The zero-order valence-corrected chi connectivity index (χ0v) is 22.7. The summed E-state index contributed by atoms with van der Waals surface area (Å²) in [7, 11) is -4.52. The Morgan fingerprint density at radius 1 is 1.34 bits per heavy atom. The number of aromatic nitrogens is 3. The van der Waals surface area contributed by atoms with Crippen LogP contribution < -0.4 is 15.9 Å². The van der Waals surface area contributed by atoms with E-state index in [-0.39, 0.29) is 11.7 Å². The molecule has 1 aliphatic heterocycles. The fraction of sp³-hybridized carbons (Fsp3) is 0.478. The number of nitrogens with two attached hydrogens (primary N) is 1. The lowest BCUT2D eigenvalue weighted by molar-refractivity contribution is -0.156. The van der Waals surface area contributed by atoms with Crippen molar-refractivity contribution in [3.8, 4) is 17.6 Å². The number of aliphatic hydroxyl groups is 1. The number of aliphatic hydroxyl groups excluding tert-OH is 1. The molecule has 38 heavy (non-hydrogen) atoms. The van der Waals surface area contributed by atoms with Gasteiger partial charge in [0.15, 0.2) is 17.2 Å². The van der Waals surface area contributed by atoms with Crippen molar-refractivity contribution in [2.24, 2.45) is 0 Å². The Morgan fingerprint density at radius 2 is 2.03 bits per heavy atom. The van der Waals surface area contributed by atoms with Gasteiger partial charge in [-0.15, -0.1) is 5.92 Å². The molecule has 0 saturated carbocycles. The highest BCUT2D eigenvalue weighted by Crippen LogP contribution is 2.52. The van der Waals surface area contributed by atoms with Crippen LogP contribution in [0, 0.1) is 11.8 Å². The first-order valence-electron chi connectivity index (χ1n) is 11.4. The van der Waals surface area contributed by atoms with Gasteiger partial charge < -0.3 is 24.8 Å². The number of carbonyl (C=O) groups is 1. The summed E-state index contributed by atoms with van der Waals surface area (Å²) in [6.45, 7) is 5.49. The minimum Gasteiger partial charge on any atom is -0.461 e. The molecule has 15 heteroatoms. The normalized spacial score (nSPS) is 25.2. The number of benzene rings is 1. The summed E-state index contributed by atoms with van der Waals surface area (Å²) >= 11 is 6.64. The van der Waals surface area contributed by atoms with Gasteiger partial charge in [0.25, 0.3) is 0 Å². The Bertz CT molecular complexity index is 1300. The smallest absolute Gasteiger partial charge is 0.461 e. The maximum absolute atomic E-state index is 13.6. The van der Waals surface area contributed by atoms with Crippen LogP contribution in [0.1, 0.15) is 33.9 Å². The number of nitrogen functional groups attached to an aromatic ring is 1. The number of ether oxygens (including phenoxy) is 2. The highest BCUT2D eigenvalue weighted by atomic mass is 35.5. The number of rotatable bonds is 10. The molecule has 0 aliphatic carbocycles. The van der Waals surface area contributed by atoms with E-state index >= 15 is 0 Å². The van der Waals surface area contributed by atoms with E-state index in [0.29, 0.717) is 0 Å². The van der Waals surface area contributed by atoms with Gasteiger partial charge in [-0.2, -0.15) is 4.98 Å². The average molecular weight is 571 g/mol. The summed E-state index contributed by atoms with van der Waals surface area (Å²) in [5, 5.41) is 11.0. The first-order valence-corrected chi connectivity index (χ1v) is 13.3. The van der Waals surface area contributed by atoms with Crippen LogP contribution in [-0.4, -0.2) is 61.5 Å². The monoisotopic (exact) mass is 570 g/mol. The minimum absolute atomic E-state index is 0.125. The van der Waals surface area contributed by atoms with Crippen molar-refractivity contribution in [2.45, 2.75) is 63.2 Å². The Kier molecular flexibility index (Phi) is 9.54. The zero-order valence-electron chi connectivity index (χ0n) is 21.0. The van der Waals surface area contributed by atoms with E-state index in [1.807, 2.05) is 0 Å². The number of halogens is 1. The number of nitrogens with zero attached hydrogens (tertiary/aromatic N) is 3. The van der Waals surface area contributed by atoms with E-state index in [1.165, 1.54) is 26.0 Å². The van der Waals surface area contributed by atoms with Gasteiger partial charge in [-0.3, -0.25) is 13.6 Å². The number of hydrogen-bond donors (Lipinski definition) is 2. The summed E-state index contributed by atoms with van der Waals surface area (Å²) in [5.41, 5.74) is 4.61. The lowest BCUT2D eigenvalue weighted by Gasteiger charge is -2.25. The number of para-hydroxylation sites is 1. The molecule has 0 amide bonds. The van der Waals surface area contributed by atoms with E-state index in [2.05, 4.69) is 21.8 Å². The Hall–Kier alpha value is -2.98. The van der Waals surface area contributed by atoms with Crippen molar-refractivity contribution in [3.63, 3.8) is 0 Å². The van der Waals surface area contributed by atoms with E-state index in [9.17, 15) is 19.3 Å². The standard InChI is InChI=1S/C23H28ClN4O9P/c1-5-11-23(24)18(29)17(35-20(23)28-13-26-21(25)27-22(28)31)12-33-38(32,37-16-9-7-6-8-10-16)36-15(4)19(30)34-14(2)3/h6-10,13-15,17-18,20,29H,12H2,1-4H3,(H2,25,27,31)/t15-,17+,18-,20+,23?,38?/m0/s1. The summed E-state index contributed by atoms with van der Waals surface area (Å²) in [4.78, 5) is 30.2. The number of phosphoric ester groups is 1. The maximum atomic E-state index is 13.6. The van der Waals surface area contributed by atoms with Gasteiger partial charge in [0.05, 0.1) is 12.7 Å². The van der Waals surface area contributed by atoms with E-state index < -0.39 is 61.6 Å². The van der Waals surface area contributed by atoms with Gasteiger partial charge in [-0.1, -0.05) is 35.7 Å². The second-order valence-corrected chi connectivity index (χ2v) is 10.6. The number of phosphoric acid groups is 1. The van der Waals surface area contributed by atoms with Crippen molar-refractivity contribution < 1.29 is 37.5 Å². The van der Waals surface area contributed by atoms with Crippen LogP contribution >= 0.6 is 19.4 Å². The molecule has 3 N–H and O–H groups in total. The van der Waals surface area contributed by atoms with Gasteiger partial charge in [-0.25, -0.2) is 19.1 Å². The Balaban J connectivity index is 1.86. The predicted octanol–water partition coefficient (Wildman–Crippen LogP) is 2.04. The van der Waals surface area contributed by atoms with Crippen LogP contribution in [0.2, 0.25) is 0 Å². The summed E-state index contributed by atoms with van der Waals surface area (Å²) in [5.74, 6) is 4.29. The number of esters is 1. The molecule has 2 heterocycles. The first kappa shape index (κ1) is 29.6. The highest BCUT2D eigenvalue weighted by Gasteiger charge is 2.57. The molecule has 2 aromatic rings. The quantitative estimate of drug-likeness (QED) is 0.184. The molecule has 3 rings (SSSR count). The summed E-state index contributed by atoms with van der Waals surface area (Å²) in [6.07, 6.45) is -4.94. The zero-order chi connectivity index (χ0) is 28.1. The second kappa shape index (κ2) is 12.3. The number of alkyl halides is 1. The molecule has 2 unspecified atom stereocenters. The molecule has 1 aliphatic rings. The second-order valence-electron chi connectivity index (χ2n) is 8.40. The van der Waals surface area contributed by atoms with Crippen molar-refractivity contribution in [1.82, 2.24) is 14.5 Å². The molecular weight excluding hydrogens is 543 g/mol. The lowest BCUT2D eigenvalue weighted by atomic mass is 9.99. The Labute approximate surface area is 223 Å². The molecule has 6 atom stereocenters. The third kappa shape index (κ3) is 6.91. The maximum Gasteiger partial charge on any atom is 0.530 e. The van der Waals surface area contributed by atoms with Crippen molar-refractivity contribution in [2.75, 3.05) is 12.3 Å². The van der Waals surface area contributed by atoms with Crippen LogP contribution in [0.4, 0.5) is 5.95 Å². The molecule has 1 fully saturated rings. The van der Waals surface area contributed by atoms with Crippen LogP contribution in [0.15, 0.2) is 41.5 Å². The molecule has 0 radical (unpaired) electrons. The minimum atomic E-state index is -4.52. The van der Waals surface area contributed by atoms with E-state index in [1.54, 1.807) is 32.0 Å². The molecule has 1 aromatic heterocycles. The van der Waals surface area contributed by atoms with Gasteiger partial charge in [-0.05, 0) is 39.8 Å². The largest absolute Gasteiger partial charge is 0.530 e. The molecule has 0 spiro atoms. The van der Waals surface area contributed by atoms with Crippen molar-refractivity contribution in [1.29, 1.82) is 0 Å². The average Bonchev–Trinajstić information content (AvgIpc) is 3.08. The molecule has 206 valence electrons. The third-order valence-electron chi connectivity index (χ3n) is 5.09. The SMILES string of the molecule is CC#CC1(Cl)[C@@H](O)[C@@H](COP(=O)(Oc2ccccc2)O[C@@H](C)C(=O)OC(C)C)O[C@H]1n1cnc(N)nc1=O. The number of carbonyl (C=O) groups excluding carboxylic acids is 1. The van der Waals surface area contributed by atoms with E-state index in [4.69, 9.17) is 40.4 Å². The fourth-order valence-electron chi connectivity index (χ4n) is 3.42. The molecule has 13 nitrogen and oxygen atoms in total. The van der Waals surface area contributed by atoms with Crippen LogP contribution in [0.3, 0.4) is 0 Å². The Morgan fingerprint density at radius 3 is 2.63 bits per heavy atom. The fourth-order valence-corrected chi connectivity index (χ4v) is 5.15. The number of hydrogen-bond acceptors (Lipinski definition) is 12. The molecule has 0 bridgehead atoms. The third-order valence-corrected chi connectivity index (χ3v) is 7.07. The van der Waals surface area contributed by atoms with E-state index in [0.717, 1.165) is 10.9 Å². The number of anilines is 1. The summed E-state index contributed by atoms with van der Waals surface area (Å²) < 4.78 is 41.8. The van der Waals surface area contributed by atoms with Crippen molar-refractivity contribution in [3.05, 3.63) is 47.1 Å². The summed E-state index contributed by atoms with van der Waals surface area (Å²) in [6, 6.07) is 7.97. The van der Waals surface area contributed by atoms with Gasteiger partial charge in [0.1, 0.15) is 24.3 Å². The molecule has 1 aromatic carbocycles. The van der Waals surface area contributed by atoms with Gasteiger partial charge >= 0.3 is 19.5 Å². The van der Waals surface area contributed by atoms with Crippen LogP contribution in [0.25, 0.3) is 0 Å². The van der Waals surface area contributed by atoms with Crippen molar-refractivity contribution >= 4 is 31.3 Å². The lowest BCUT2D eigenvalue weighted by Crippen LogP contribution is -2.43. The predicted molar refractivity (Wildman–Crippen MR) is 135 cm³/mol. The molecular formula is C23H28ClN4O9P. The topological polar surface area (TPSA) is 174 Å². The van der Waals surface area contributed by atoms with Crippen LogP contribution in [-0.2, 0) is 27.9 Å². The van der Waals surface area contributed by atoms with Crippen LogP contribution in [0.5, 0.6) is 5.75 Å².